The van der Waals surface area contributed by atoms with Gasteiger partial charge in [-0.25, -0.2) is 0 Å². The van der Waals surface area contributed by atoms with Crippen LogP contribution < -0.4 is 0 Å². The minimum atomic E-state index is -0.0904. The van der Waals surface area contributed by atoms with Crippen molar-refractivity contribution in [3.05, 3.63) is 33.6 Å². The Morgan fingerprint density at radius 2 is 2.21 bits per heavy atom. The molecule has 2 aromatic heterocycles. The molecule has 0 unspecified atom stereocenters. The second-order valence-corrected chi connectivity index (χ2v) is 7.45. The summed E-state index contributed by atoms with van der Waals surface area (Å²) >= 11 is 1.73. The SMILES string of the molecule is CC(C)c1noc(C2CCN(Cc3cc(C#CCO)cs3)CC2)n1. The number of nitrogens with zero attached hydrogens (tertiary/aromatic N) is 3. The van der Waals surface area contributed by atoms with Gasteiger partial charge in [0.05, 0.1) is 0 Å². The lowest BCUT2D eigenvalue weighted by atomic mass is 9.96. The molecule has 0 radical (unpaired) electrons. The first-order valence-corrected chi connectivity index (χ1v) is 9.26. The topological polar surface area (TPSA) is 62.4 Å². The Kier molecular flexibility index (Phi) is 5.67. The molecule has 5 nitrogen and oxygen atoms in total. The Morgan fingerprint density at radius 1 is 1.42 bits per heavy atom. The average molecular weight is 345 g/mol. The van der Waals surface area contributed by atoms with Gasteiger partial charge in [0, 0.05) is 34.2 Å². The van der Waals surface area contributed by atoms with Crippen LogP contribution in [0.15, 0.2) is 16.0 Å². The maximum Gasteiger partial charge on any atom is 0.229 e. The molecule has 0 spiro atoms. The molecule has 3 heterocycles. The largest absolute Gasteiger partial charge is 0.384 e. The summed E-state index contributed by atoms with van der Waals surface area (Å²) in [6, 6.07) is 2.12. The van der Waals surface area contributed by atoms with Crippen molar-refractivity contribution in [2.75, 3.05) is 19.7 Å². The second kappa shape index (κ2) is 7.93. The van der Waals surface area contributed by atoms with Gasteiger partial charge < -0.3 is 9.63 Å². The molecule has 128 valence electrons. The molecule has 6 heteroatoms. The second-order valence-electron chi connectivity index (χ2n) is 6.46. The van der Waals surface area contributed by atoms with Crippen molar-refractivity contribution in [2.45, 2.75) is 45.1 Å². The molecule has 1 N–H and O–H groups in total. The molecule has 0 bridgehead atoms. The Labute approximate surface area is 146 Å². The molecular formula is C18H23N3O2S. The van der Waals surface area contributed by atoms with Crippen molar-refractivity contribution in [1.82, 2.24) is 15.0 Å². The highest BCUT2D eigenvalue weighted by atomic mass is 32.1. The zero-order valence-electron chi connectivity index (χ0n) is 14.2. The van der Waals surface area contributed by atoms with Gasteiger partial charge in [-0.15, -0.1) is 11.3 Å². The fourth-order valence-electron chi connectivity index (χ4n) is 2.88. The third-order valence-corrected chi connectivity index (χ3v) is 5.18. The normalized spacial score (nSPS) is 16.3. The van der Waals surface area contributed by atoms with E-state index in [4.69, 9.17) is 9.63 Å². The van der Waals surface area contributed by atoms with Gasteiger partial charge in [0.1, 0.15) is 6.61 Å². The summed E-state index contributed by atoms with van der Waals surface area (Å²) in [6.45, 7) is 7.11. The molecule has 0 atom stereocenters. The van der Waals surface area contributed by atoms with E-state index in [0.29, 0.717) is 11.8 Å². The molecule has 0 aromatic carbocycles. The van der Waals surface area contributed by atoms with Crippen LogP contribution in [0.4, 0.5) is 0 Å². The van der Waals surface area contributed by atoms with Gasteiger partial charge in [-0.1, -0.05) is 30.8 Å². The Morgan fingerprint density at radius 3 is 2.88 bits per heavy atom. The number of rotatable bonds is 4. The van der Waals surface area contributed by atoms with Crippen molar-refractivity contribution in [2.24, 2.45) is 0 Å². The molecule has 2 aromatic rings. The van der Waals surface area contributed by atoms with Crippen molar-refractivity contribution >= 4 is 11.3 Å². The summed E-state index contributed by atoms with van der Waals surface area (Å²) in [6.07, 6.45) is 2.12. The van der Waals surface area contributed by atoms with E-state index >= 15 is 0 Å². The van der Waals surface area contributed by atoms with Gasteiger partial charge in [-0.3, -0.25) is 4.90 Å². The van der Waals surface area contributed by atoms with E-state index < -0.39 is 0 Å². The van der Waals surface area contributed by atoms with E-state index in [0.717, 1.165) is 49.8 Å². The lowest BCUT2D eigenvalue weighted by molar-refractivity contribution is 0.189. The van der Waals surface area contributed by atoms with E-state index in [2.05, 4.69) is 52.2 Å². The van der Waals surface area contributed by atoms with Gasteiger partial charge in [-0.05, 0) is 32.0 Å². The highest BCUT2D eigenvalue weighted by Gasteiger charge is 2.25. The number of aromatic nitrogens is 2. The number of hydrogen-bond donors (Lipinski definition) is 1. The van der Waals surface area contributed by atoms with E-state index in [-0.39, 0.29) is 6.61 Å². The molecule has 0 aliphatic carbocycles. The van der Waals surface area contributed by atoms with E-state index in [1.54, 1.807) is 11.3 Å². The summed E-state index contributed by atoms with van der Waals surface area (Å²) < 4.78 is 5.45. The van der Waals surface area contributed by atoms with E-state index in [9.17, 15) is 0 Å². The van der Waals surface area contributed by atoms with E-state index in [1.807, 2.05) is 0 Å². The van der Waals surface area contributed by atoms with Crippen LogP contribution >= 0.6 is 11.3 Å². The zero-order valence-corrected chi connectivity index (χ0v) is 15.0. The quantitative estimate of drug-likeness (QED) is 0.863. The number of thiophene rings is 1. The lowest BCUT2D eigenvalue weighted by Crippen LogP contribution is -2.32. The minimum Gasteiger partial charge on any atom is -0.384 e. The fraction of sp³-hybridized carbons (Fsp3) is 0.556. The van der Waals surface area contributed by atoms with Crippen LogP contribution in [0.2, 0.25) is 0 Å². The molecule has 1 aliphatic heterocycles. The summed E-state index contributed by atoms with van der Waals surface area (Å²) in [5.74, 6) is 7.95. The highest BCUT2D eigenvalue weighted by Crippen LogP contribution is 2.29. The van der Waals surface area contributed by atoms with Gasteiger partial charge in [0.15, 0.2) is 5.82 Å². The van der Waals surface area contributed by atoms with Crippen LogP contribution in [-0.2, 0) is 6.54 Å². The van der Waals surface area contributed by atoms with E-state index in [1.165, 1.54) is 4.88 Å². The third kappa shape index (κ3) is 4.23. The number of aliphatic hydroxyl groups excluding tert-OH is 1. The molecule has 0 amide bonds. The monoisotopic (exact) mass is 345 g/mol. The maximum absolute atomic E-state index is 8.75. The first kappa shape index (κ1) is 17.2. The number of aliphatic hydroxyl groups is 1. The van der Waals surface area contributed by atoms with Crippen LogP contribution in [0.1, 0.15) is 60.7 Å². The number of likely N-dealkylation sites (tertiary alicyclic amines) is 1. The van der Waals surface area contributed by atoms with Crippen LogP contribution in [0.5, 0.6) is 0 Å². The van der Waals surface area contributed by atoms with Crippen molar-refractivity contribution < 1.29 is 9.63 Å². The first-order chi connectivity index (χ1) is 11.7. The predicted molar refractivity (Wildman–Crippen MR) is 93.9 cm³/mol. The van der Waals surface area contributed by atoms with Gasteiger partial charge >= 0.3 is 0 Å². The zero-order chi connectivity index (χ0) is 16.9. The number of piperidine rings is 1. The lowest BCUT2D eigenvalue weighted by Gasteiger charge is -2.29. The highest BCUT2D eigenvalue weighted by molar-refractivity contribution is 7.10. The van der Waals surface area contributed by atoms with Crippen LogP contribution in [0.25, 0.3) is 0 Å². The summed E-state index contributed by atoms with van der Waals surface area (Å²) in [5, 5.41) is 14.9. The summed E-state index contributed by atoms with van der Waals surface area (Å²) in [4.78, 5) is 8.32. The smallest absolute Gasteiger partial charge is 0.229 e. The molecule has 24 heavy (non-hydrogen) atoms. The molecule has 1 saturated heterocycles. The van der Waals surface area contributed by atoms with Crippen molar-refractivity contribution in [3.63, 3.8) is 0 Å². The summed E-state index contributed by atoms with van der Waals surface area (Å²) in [5.41, 5.74) is 0.992. The molecular weight excluding hydrogens is 322 g/mol. The van der Waals surface area contributed by atoms with Gasteiger partial charge in [-0.2, -0.15) is 4.98 Å². The average Bonchev–Trinajstić information content (AvgIpc) is 3.23. The van der Waals surface area contributed by atoms with Crippen molar-refractivity contribution in [1.29, 1.82) is 0 Å². The summed E-state index contributed by atoms with van der Waals surface area (Å²) in [7, 11) is 0. The molecule has 3 rings (SSSR count). The first-order valence-electron chi connectivity index (χ1n) is 8.38. The minimum absolute atomic E-state index is 0.0904. The molecule has 0 saturated carbocycles. The molecule has 1 fully saturated rings. The number of hydrogen-bond acceptors (Lipinski definition) is 6. The fourth-order valence-corrected chi connectivity index (χ4v) is 3.73. The Hall–Kier alpha value is -1.68. The Balaban J connectivity index is 1.52. The molecule has 1 aliphatic rings. The van der Waals surface area contributed by atoms with Crippen LogP contribution in [0, 0.1) is 11.8 Å². The van der Waals surface area contributed by atoms with Crippen molar-refractivity contribution in [3.8, 4) is 11.8 Å². The third-order valence-electron chi connectivity index (χ3n) is 4.26. The van der Waals surface area contributed by atoms with Gasteiger partial charge in [0.25, 0.3) is 0 Å². The van der Waals surface area contributed by atoms with Gasteiger partial charge in [0.2, 0.25) is 5.89 Å². The van der Waals surface area contributed by atoms with Crippen LogP contribution in [-0.4, -0.2) is 39.8 Å². The predicted octanol–water partition coefficient (Wildman–Crippen LogP) is 2.98. The maximum atomic E-state index is 8.75. The Bertz CT molecular complexity index is 718. The standard InChI is InChI=1S/C18H23N3O2S/c1-13(2)17-19-18(23-20-17)15-5-7-21(8-6-15)11-16-10-14(12-24-16)4-3-9-22/h10,12-13,15,22H,5-9,11H2,1-2H3. The van der Waals surface area contributed by atoms with Crippen LogP contribution in [0.3, 0.4) is 0 Å².